The molecular formula is C9H14BrNO. The zero-order valence-electron chi connectivity index (χ0n) is 7.35. The Morgan fingerprint density at radius 1 is 1.58 bits per heavy atom. The van der Waals surface area contributed by atoms with Crippen molar-refractivity contribution in [2.75, 3.05) is 6.54 Å². The van der Waals surface area contributed by atoms with Crippen molar-refractivity contribution in [3.8, 4) is 12.3 Å². The second-order valence-electron chi connectivity index (χ2n) is 2.58. The molecule has 1 amide bonds. The Balaban J connectivity index is 3.51. The molecular weight excluding hydrogens is 218 g/mol. The molecule has 3 heteroatoms. The molecule has 0 aromatic heterocycles. The Morgan fingerprint density at radius 3 is 2.75 bits per heavy atom. The summed E-state index contributed by atoms with van der Waals surface area (Å²) in [5.41, 5.74) is 0. The second-order valence-corrected chi connectivity index (χ2v) is 3.43. The number of halogens is 1. The minimum Gasteiger partial charge on any atom is -0.274 e. The number of nitrogens with zero attached hydrogens (tertiary/aromatic N) is 1. The number of unbranched alkanes of at least 4 members (excludes halogenated alkanes) is 2. The Labute approximate surface area is 82.7 Å². The van der Waals surface area contributed by atoms with Gasteiger partial charge in [-0.25, -0.2) is 0 Å². The van der Waals surface area contributed by atoms with E-state index in [0.29, 0.717) is 13.0 Å². The quantitative estimate of drug-likeness (QED) is 0.404. The van der Waals surface area contributed by atoms with Gasteiger partial charge in [-0.1, -0.05) is 25.7 Å². The van der Waals surface area contributed by atoms with Gasteiger partial charge in [-0.05, 0) is 6.42 Å². The molecule has 68 valence electrons. The summed E-state index contributed by atoms with van der Waals surface area (Å²) >= 11 is 3.10. The van der Waals surface area contributed by atoms with E-state index in [0.717, 1.165) is 19.3 Å². The Hall–Kier alpha value is -0.490. The van der Waals surface area contributed by atoms with Crippen LogP contribution in [0, 0.1) is 12.3 Å². The largest absolute Gasteiger partial charge is 0.274 e. The standard InChI is InChI=1S/C9H14BrNO/c1-3-5-6-7-9(12)11(10)8-4-2/h2H,3,5-8H2,1H3. The number of terminal acetylenes is 1. The number of rotatable bonds is 5. The van der Waals surface area contributed by atoms with Crippen molar-refractivity contribution in [2.24, 2.45) is 0 Å². The van der Waals surface area contributed by atoms with Crippen LogP contribution < -0.4 is 0 Å². The molecule has 0 radical (unpaired) electrons. The van der Waals surface area contributed by atoms with Gasteiger partial charge in [-0.2, -0.15) is 0 Å². The van der Waals surface area contributed by atoms with Crippen LogP contribution in [0.15, 0.2) is 0 Å². The third-order valence-corrected chi connectivity index (χ3v) is 2.14. The maximum Gasteiger partial charge on any atom is 0.233 e. The summed E-state index contributed by atoms with van der Waals surface area (Å²) in [5, 5.41) is 0. The summed E-state index contributed by atoms with van der Waals surface area (Å²) in [4.78, 5) is 11.2. The summed E-state index contributed by atoms with van der Waals surface area (Å²) in [6, 6.07) is 0. The van der Waals surface area contributed by atoms with Crippen LogP contribution >= 0.6 is 16.1 Å². The molecule has 0 bridgehead atoms. The topological polar surface area (TPSA) is 20.3 Å². The van der Waals surface area contributed by atoms with E-state index in [1.165, 1.54) is 3.93 Å². The van der Waals surface area contributed by atoms with Gasteiger partial charge < -0.3 is 0 Å². The van der Waals surface area contributed by atoms with E-state index in [9.17, 15) is 4.79 Å². The zero-order valence-corrected chi connectivity index (χ0v) is 8.93. The molecule has 0 unspecified atom stereocenters. The average molecular weight is 232 g/mol. The third-order valence-electron chi connectivity index (χ3n) is 1.49. The predicted octanol–water partition coefficient (Wildman–Crippen LogP) is 2.34. The van der Waals surface area contributed by atoms with E-state index in [2.05, 4.69) is 29.0 Å². The molecule has 0 heterocycles. The highest BCUT2D eigenvalue weighted by molar-refractivity contribution is 9.07. The molecule has 0 saturated heterocycles. The number of carbonyl (C=O) groups excluding carboxylic acids is 1. The summed E-state index contributed by atoms with van der Waals surface area (Å²) in [7, 11) is 0. The van der Waals surface area contributed by atoms with E-state index < -0.39 is 0 Å². The van der Waals surface area contributed by atoms with Crippen LogP contribution in [-0.2, 0) is 4.79 Å². The Morgan fingerprint density at radius 2 is 2.25 bits per heavy atom. The fourth-order valence-electron chi connectivity index (χ4n) is 0.816. The van der Waals surface area contributed by atoms with Gasteiger partial charge >= 0.3 is 0 Å². The second kappa shape index (κ2) is 7.17. The van der Waals surface area contributed by atoms with Crippen molar-refractivity contribution in [3.05, 3.63) is 0 Å². The van der Waals surface area contributed by atoms with Gasteiger partial charge in [0.15, 0.2) is 0 Å². The number of carbonyl (C=O) groups is 1. The normalized spacial score (nSPS) is 9.08. The fourth-order valence-corrected chi connectivity index (χ4v) is 1.14. The van der Waals surface area contributed by atoms with Gasteiger partial charge in [0, 0.05) is 6.42 Å². The van der Waals surface area contributed by atoms with Crippen LogP contribution in [0.1, 0.15) is 32.6 Å². The van der Waals surface area contributed by atoms with Crippen molar-refractivity contribution in [1.29, 1.82) is 0 Å². The lowest BCUT2D eigenvalue weighted by Crippen LogP contribution is -2.20. The van der Waals surface area contributed by atoms with Crippen molar-refractivity contribution >= 4 is 22.1 Å². The first-order valence-electron chi connectivity index (χ1n) is 4.12. The molecule has 0 aliphatic heterocycles. The highest BCUT2D eigenvalue weighted by atomic mass is 79.9. The van der Waals surface area contributed by atoms with Crippen molar-refractivity contribution in [3.63, 3.8) is 0 Å². The van der Waals surface area contributed by atoms with Gasteiger partial charge in [0.1, 0.15) is 0 Å². The number of hydrogen-bond acceptors (Lipinski definition) is 1. The van der Waals surface area contributed by atoms with Crippen molar-refractivity contribution < 1.29 is 4.79 Å². The molecule has 12 heavy (non-hydrogen) atoms. The fraction of sp³-hybridized carbons (Fsp3) is 0.667. The van der Waals surface area contributed by atoms with E-state index in [-0.39, 0.29) is 5.91 Å². The molecule has 0 aromatic carbocycles. The highest BCUT2D eigenvalue weighted by Crippen LogP contribution is 2.05. The van der Waals surface area contributed by atoms with E-state index in [1.807, 2.05) is 0 Å². The van der Waals surface area contributed by atoms with Gasteiger partial charge in [0.2, 0.25) is 5.91 Å². The van der Waals surface area contributed by atoms with Crippen LogP contribution in [0.3, 0.4) is 0 Å². The van der Waals surface area contributed by atoms with Crippen molar-refractivity contribution in [1.82, 2.24) is 3.93 Å². The molecule has 0 spiro atoms. The third kappa shape index (κ3) is 5.20. The lowest BCUT2D eigenvalue weighted by atomic mass is 10.2. The van der Waals surface area contributed by atoms with Crippen molar-refractivity contribution in [2.45, 2.75) is 32.6 Å². The lowest BCUT2D eigenvalue weighted by molar-refractivity contribution is -0.125. The molecule has 0 aromatic rings. The Kier molecular flexibility index (Phi) is 6.88. The van der Waals surface area contributed by atoms with E-state index in [4.69, 9.17) is 6.42 Å². The molecule has 0 aliphatic carbocycles. The molecule has 0 atom stereocenters. The van der Waals surface area contributed by atoms with Crippen LogP contribution in [-0.4, -0.2) is 16.4 Å². The first-order valence-corrected chi connectivity index (χ1v) is 4.83. The van der Waals surface area contributed by atoms with Gasteiger partial charge in [0.25, 0.3) is 0 Å². The van der Waals surface area contributed by atoms with Crippen LogP contribution in [0.2, 0.25) is 0 Å². The van der Waals surface area contributed by atoms with E-state index >= 15 is 0 Å². The van der Waals surface area contributed by atoms with Gasteiger partial charge in [0.05, 0.1) is 22.7 Å². The highest BCUT2D eigenvalue weighted by Gasteiger charge is 2.07. The average Bonchev–Trinajstić information content (AvgIpc) is 2.05. The molecule has 0 fully saturated rings. The molecule has 0 rings (SSSR count). The minimum atomic E-state index is 0.0707. The monoisotopic (exact) mass is 231 g/mol. The maximum atomic E-state index is 11.2. The van der Waals surface area contributed by atoms with Gasteiger partial charge in [-0.15, -0.1) is 6.42 Å². The lowest BCUT2D eigenvalue weighted by Gasteiger charge is -2.09. The minimum absolute atomic E-state index is 0.0707. The summed E-state index contributed by atoms with van der Waals surface area (Å²) < 4.78 is 1.41. The van der Waals surface area contributed by atoms with E-state index in [1.54, 1.807) is 0 Å². The Bertz CT molecular complexity index is 174. The predicted molar refractivity (Wildman–Crippen MR) is 53.6 cm³/mol. The van der Waals surface area contributed by atoms with Crippen LogP contribution in [0.4, 0.5) is 0 Å². The molecule has 0 N–H and O–H groups in total. The SMILES string of the molecule is C#CCN(Br)C(=O)CCCCC. The first-order chi connectivity index (χ1) is 5.72. The maximum absolute atomic E-state index is 11.2. The van der Waals surface area contributed by atoms with Crippen LogP contribution in [0.5, 0.6) is 0 Å². The summed E-state index contributed by atoms with van der Waals surface area (Å²) in [5.74, 6) is 2.47. The number of hydrogen-bond donors (Lipinski definition) is 0. The first kappa shape index (κ1) is 11.5. The van der Waals surface area contributed by atoms with Crippen LogP contribution in [0.25, 0.3) is 0 Å². The molecule has 0 aliphatic rings. The zero-order chi connectivity index (χ0) is 9.40. The number of amides is 1. The smallest absolute Gasteiger partial charge is 0.233 e. The summed E-state index contributed by atoms with van der Waals surface area (Å²) in [6.45, 7) is 2.45. The molecule has 0 saturated carbocycles. The van der Waals surface area contributed by atoms with Gasteiger partial charge in [-0.3, -0.25) is 8.72 Å². The molecule has 2 nitrogen and oxygen atoms in total. The summed E-state index contributed by atoms with van der Waals surface area (Å²) in [6.07, 6.45) is 8.81.